The van der Waals surface area contributed by atoms with Crippen LogP contribution in [0.5, 0.6) is 0 Å². The number of ether oxygens (including phenoxy) is 1. The molecule has 3 atom stereocenters. The molecule has 0 bridgehead atoms. The van der Waals surface area contributed by atoms with Gasteiger partial charge in [0.2, 0.25) is 17.7 Å². The monoisotopic (exact) mass is 473 g/mol. The number of nitrogens with zero attached hydrogens (tertiary/aromatic N) is 1. The lowest BCUT2D eigenvalue weighted by molar-refractivity contribution is -0.321. The third-order valence-electron chi connectivity index (χ3n) is 6.44. The summed E-state index contributed by atoms with van der Waals surface area (Å²) in [5, 5.41) is 5.13. The zero-order valence-electron chi connectivity index (χ0n) is 18.7. The van der Waals surface area contributed by atoms with Crippen LogP contribution < -0.4 is 10.6 Å². The molecule has 3 aliphatic rings. The second-order valence-corrected chi connectivity index (χ2v) is 9.56. The number of ketones is 1. The van der Waals surface area contributed by atoms with Crippen molar-refractivity contribution in [1.82, 2.24) is 15.5 Å². The van der Waals surface area contributed by atoms with Crippen LogP contribution >= 0.6 is 0 Å². The van der Waals surface area contributed by atoms with E-state index in [9.17, 15) is 32.3 Å². The topological polar surface area (TPSA) is 105 Å². The number of hydrogen-bond donors (Lipinski definition) is 2. The van der Waals surface area contributed by atoms with Crippen LogP contribution in [0.2, 0.25) is 0 Å². The first-order valence-electron chi connectivity index (χ1n) is 11.2. The molecule has 0 unspecified atom stereocenters. The van der Waals surface area contributed by atoms with Crippen LogP contribution in [-0.4, -0.2) is 66.5 Å². The van der Waals surface area contributed by atoms with Gasteiger partial charge in [0.15, 0.2) is 5.78 Å². The molecule has 2 saturated heterocycles. The zero-order valence-corrected chi connectivity index (χ0v) is 18.7. The number of nitrogens with one attached hydrogen (secondary N) is 2. The van der Waals surface area contributed by atoms with Gasteiger partial charge in [-0.15, -0.1) is 13.2 Å². The zero-order chi connectivity index (χ0) is 24.4. The molecule has 1 saturated carbocycles. The molecule has 3 fully saturated rings. The van der Waals surface area contributed by atoms with E-state index in [1.165, 1.54) is 11.0 Å². The van der Waals surface area contributed by atoms with Crippen LogP contribution in [0.25, 0.3) is 0 Å². The van der Waals surface area contributed by atoms with Crippen LogP contribution in [0.1, 0.15) is 46.0 Å². The first kappa shape index (κ1) is 25.2. The van der Waals surface area contributed by atoms with Crippen molar-refractivity contribution >= 4 is 23.5 Å². The summed E-state index contributed by atoms with van der Waals surface area (Å²) in [5.41, 5.74) is -0.117. The SMILES string of the molecule is CC(C)/C=C/C(=O)N1CC2(CC2)C[C@H]1C(=O)N[C@@H](C[C@@H]1CCNC1=O)C(=O)COC(F)(F)F. The van der Waals surface area contributed by atoms with Crippen molar-refractivity contribution in [2.45, 2.75) is 64.4 Å². The van der Waals surface area contributed by atoms with Crippen LogP contribution in [0.3, 0.4) is 0 Å². The third-order valence-corrected chi connectivity index (χ3v) is 6.44. The molecule has 2 N–H and O–H groups in total. The van der Waals surface area contributed by atoms with Crippen molar-refractivity contribution in [2.24, 2.45) is 17.3 Å². The van der Waals surface area contributed by atoms with Crippen molar-refractivity contribution in [3.63, 3.8) is 0 Å². The molecule has 2 heterocycles. The van der Waals surface area contributed by atoms with Gasteiger partial charge >= 0.3 is 6.36 Å². The first-order chi connectivity index (χ1) is 15.4. The molecule has 3 rings (SSSR count). The van der Waals surface area contributed by atoms with Crippen molar-refractivity contribution in [2.75, 3.05) is 19.7 Å². The highest BCUT2D eigenvalue weighted by Crippen LogP contribution is 2.54. The van der Waals surface area contributed by atoms with Gasteiger partial charge in [0.25, 0.3) is 0 Å². The number of halogens is 3. The lowest BCUT2D eigenvalue weighted by Crippen LogP contribution is -2.52. The van der Waals surface area contributed by atoms with Gasteiger partial charge in [-0.25, -0.2) is 0 Å². The van der Waals surface area contributed by atoms with E-state index in [0.717, 1.165) is 12.8 Å². The molecule has 3 amide bonds. The van der Waals surface area contributed by atoms with Gasteiger partial charge in [0.05, 0.1) is 6.04 Å². The molecular formula is C22H30F3N3O5. The predicted octanol–water partition coefficient (Wildman–Crippen LogP) is 1.70. The Morgan fingerprint density at radius 3 is 2.55 bits per heavy atom. The fourth-order valence-electron chi connectivity index (χ4n) is 4.38. The fraction of sp³-hybridized carbons (Fsp3) is 0.727. The molecule has 0 aromatic heterocycles. The summed E-state index contributed by atoms with van der Waals surface area (Å²) in [6.45, 7) is 3.38. The molecule has 11 heteroatoms. The maximum atomic E-state index is 13.1. The van der Waals surface area contributed by atoms with E-state index in [4.69, 9.17) is 0 Å². The Kier molecular flexibility index (Phi) is 7.50. The average Bonchev–Trinajstić information content (AvgIpc) is 3.18. The van der Waals surface area contributed by atoms with Gasteiger partial charge in [-0.1, -0.05) is 19.9 Å². The standard InChI is InChI=1S/C22H30F3N3O5/c1-13(2)3-4-18(30)28-12-21(6-7-21)10-16(28)20(32)27-15(9-14-5-8-26-19(14)31)17(29)11-33-22(23,24)25/h3-4,13-16H,5-12H2,1-2H3,(H,26,31)(H,27,32)/b4-3+/t14-,15-,16-/m0/s1. The third kappa shape index (κ3) is 6.78. The van der Waals surface area contributed by atoms with E-state index in [2.05, 4.69) is 15.4 Å². The Bertz CT molecular complexity index is 823. The Labute approximate surface area is 190 Å². The van der Waals surface area contributed by atoms with Gasteiger partial charge in [0.1, 0.15) is 12.6 Å². The predicted molar refractivity (Wildman–Crippen MR) is 110 cm³/mol. The highest BCUT2D eigenvalue weighted by molar-refractivity contribution is 5.96. The number of likely N-dealkylation sites (tertiary alicyclic amines) is 1. The maximum absolute atomic E-state index is 13.1. The Morgan fingerprint density at radius 2 is 2.00 bits per heavy atom. The number of carbonyl (C=O) groups is 4. The van der Waals surface area contributed by atoms with E-state index in [0.29, 0.717) is 25.9 Å². The van der Waals surface area contributed by atoms with Crippen LogP contribution in [-0.2, 0) is 23.9 Å². The minimum Gasteiger partial charge on any atom is -0.356 e. The first-order valence-corrected chi connectivity index (χ1v) is 11.2. The summed E-state index contributed by atoms with van der Waals surface area (Å²) in [4.78, 5) is 51.8. The molecule has 1 spiro atoms. The number of amides is 3. The van der Waals surface area contributed by atoms with Crippen LogP contribution in [0.15, 0.2) is 12.2 Å². The summed E-state index contributed by atoms with van der Waals surface area (Å²) >= 11 is 0. The minimum atomic E-state index is -5.00. The van der Waals surface area contributed by atoms with E-state index in [-0.39, 0.29) is 29.6 Å². The number of carbonyl (C=O) groups excluding carboxylic acids is 4. The normalized spacial score (nSPS) is 25.0. The summed E-state index contributed by atoms with van der Waals surface area (Å²) in [6.07, 6.45) is 0.655. The highest BCUT2D eigenvalue weighted by Gasteiger charge is 2.55. The lowest BCUT2D eigenvalue weighted by Gasteiger charge is -2.26. The number of Topliss-reactive ketones (excluding diaryl/α,β-unsaturated/α-hetero) is 1. The van der Waals surface area contributed by atoms with Crippen LogP contribution in [0, 0.1) is 17.3 Å². The van der Waals surface area contributed by atoms with E-state index in [1.54, 1.807) is 6.08 Å². The Balaban J connectivity index is 1.72. The van der Waals surface area contributed by atoms with Crippen molar-refractivity contribution < 1.29 is 37.1 Å². The minimum absolute atomic E-state index is 0.117. The number of hydrogen-bond acceptors (Lipinski definition) is 5. The maximum Gasteiger partial charge on any atom is 0.522 e. The molecule has 33 heavy (non-hydrogen) atoms. The Hall–Kier alpha value is -2.43. The number of rotatable bonds is 9. The summed E-state index contributed by atoms with van der Waals surface area (Å²) in [6, 6.07) is -2.15. The molecule has 184 valence electrons. The van der Waals surface area contributed by atoms with Crippen molar-refractivity contribution in [1.29, 1.82) is 0 Å². The average molecular weight is 473 g/mol. The van der Waals surface area contributed by atoms with Gasteiger partial charge in [0, 0.05) is 19.0 Å². The molecule has 2 aliphatic heterocycles. The van der Waals surface area contributed by atoms with Crippen molar-refractivity contribution in [3.05, 3.63) is 12.2 Å². The second-order valence-electron chi connectivity index (χ2n) is 9.56. The van der Waals surface area contributed by atoms with Gasteiger partial charge < -0.3 is 15.5 Å². The number of allylic oxidation sites excluding steroid dienone is 1. The quantitative estimate of drug-likeness (QED) is 0.496. The molecule has 0 radical (unpaired) electrons. The molecular weight excluding hydrogens is 443 g/mol. The second kappa shape index (κ2) is 9.82. The summed E-state index contributed by atoms with van der Waals surface area (Å²) in [5.74, 6) is -2.66. The van der Waals surface area contributed by atoms with E-state index >= 15 is 0 Å². The van der Waals surface area contributed by atoms with Gasteiger partial charge in [-0.05, 0) is 49.5 Å². The van der Waals surface area contributed by atoms with Crippen LogP contribution in [0.4, 0.5) is 13.2 Å². The molecule has 1 aliphatic carbocycles. The molecule has 0 aromatic rings. The number of alkyl halides is 3. The molecule has 0 aromatic carbocycles. The summed E-state index contributed by atoms with van der Waals surface area (Å²) < 4.78 is 41.0. The smallest absolute Gasteiger partial charge is 0.356 e. The lowest BCUT2D eigenvalue weighted by atomic mass is 9.95. The van der Waals surface area contributed by atoms with E-state index in [1.807, 2.05) is 13.8 Å². The van der Waals surface area contributed by atoms with E-state index < -0.39 is 42.7 Å². The Morgan fingerprint density at radius 1 is 1.30 bits per heavy atom. The highest BCUT2D eigenvalue weighted by atomic mass is 19.4. The summed E-state index contributed by atoms with van der Waals surface area (Å²) in [7, 11) is 0. The fourth-order valence-corrected chi connectivity index (χ4v) is 4.38. The van der Waals surface area contributed by atoms with Gasteiger partial charge in [-0.3, -0.25) is 23.9 Å². The van der Waals surface area contributed by atoms with Gasteiger partial charge in [-0.2, -0.15) is 0 Å². The molecule has 8 nitrogen and oxygen atoms in total. The largest absolute Gasteiger partial charge is 0.522 e. The van der Waals surface area contributed by atoms with Crippen molar-refractivity contribution in [3.8, 4) is 0 Å².